The average Bonchev–Trinajstić information content (AvgIpc) is 2.07. The van der Waals surface area contributed by atoms with Crippen LogP contribution in [0.5, 0.6) is 0 Å². The smallest absolute Gasteiger partial charge is 0.0403 e. The zero-order chi connectivity index (χ0) is 7.94. The summed E-state index contributed by atoms with van der Waals surface area (Å²) in [6.45, 7) is 2.22. The molecule has 0 saturated carbocycles. The fourth-order valence-electron chi connectivity index (χ4n) is 1.10. The Morgan fingerprint density at radius 1 is 1.07 bits per heavy atom. The lowest BCUT2D eigenvalue weighted by Gasteiger charge is -1.97. The van der Waals surface area contributed by atoms with Crippen LogP contribution in [0, 0.1) is 0 Å². The third-order valence-electron chi connectivity index (χ3n) is 1.76. The number of hydrogen-bond acceptors (Lipinski definition) is 1. The van der Waals surface area contributed by atoms with Gasteiger partial charge in [-0.3, -0.25) is 4.98 Å². The van der Waals surface area contributed by atoms with Gasteiger partial charge in [0, 0.05) is 11.9 Å². The van der Waals surface area contributed by atoms with E-state index in [0.717, 1.165) is 6.42 Å². The maximum Gasteiger partial charge on any atom is 0.0403 e. The normalized spacial score (nSPS) is 7.79. The van der Waals surface area contributed by atoms with Crippen molar-refractivity contribution in [3.8, 4) is 0 Å². The fourth-order valence-corrected chi connectivity index (χ4v) is 1.10. The topological polar surface area (TPSA) is 12.9 Å². The van der Waals surface area contributed by atoms with Crippen molar-refractivity contribution < 1.29 is 0 Å². The van der Waals surface area contributed by atoms with E-state index in [4.69, 9.17) is 0 Å². The largest absolute Gasteiger partial charge is 0.261 e. The quantitative estimate of drug-likeness (QED) is 0.686. The molecule has 1 heterocycles. The predicted molar refractivity (Wildman–Crippen MR) is 78.4 cm³/mol. The first-order valence-electron chi connectivity index (χ1n) is 4.33. The van der Waals surface area contributed by atoms with Gasteiger partial charge >= 0.3 is 0 Å². The Morgan fingerprint density at radius 3 is 2.29 bits per heavy atom. The minimum Gasteiger partial charge on any atom is -0.261 e. The summed E-state index contributed by atoms with van der Waals surface area (Å²) >= 11 is 0. The molecule has 1 nitrogen and oxygen atoms in total. The minimum absolute atomic E-state index is 0. The highest BCUT2D eigenvalue weighted by molar-refractivity contribution is 8.93. The van der Waals surface area contributed by atoms with Crippen molar-refractivity contribution in [1.29, 1.82) is 0 Å². The summed E-state index contributed by atoms with van der Waals surface area (Å²) in [5.74, 6) is 0. The zero-order valence-corrected chi connectivity index (χ0v) is 13.4. The first kappa shape index (κ1) is 20.1. The molecule has 0 spiro atoms. The van der Waals surface area contributed by atoms with Crippen molar-refractivity contribution in [2.24, 2.45) is 0 Å². The van der Waals surface area contributed by atoms with Gasteiger partial charge in [-0.05, 0) is 25.0 Å². The molecule has 1 aromatic heterocycles. The third kappa shape index (κ3) is 9.16. The second kappa shape index (κ2) is 13.6. The average molecular weight is 392 g/mol. The lowest BCUT2D eigenvalue weighted by atomic mass is 10.1. The van der Waals surface area contributed by atoms with E-state index in [1.165, 1.54) is 25.0 Å². The number of halogens is 3. The summed E-state index contributed by atoms with van der Waals surface area (Å²) in [5, 5.41) is 0. The highest BCUT2D eigenvalue weighted by Crippen LogP contribution is 2.02. The SMILES string of the molecule is Br.Br.Br.CCCCCc1ccccn1. The standard InChI is InChI=1S/C10H15N.3BrH/c1-2-3-4-7-10-8-5-6-9-11-10;;;/h5-6,8-9H,2-4,7H2,1H3;3*1H. The van der Waals surface area contributed by atoms with Gasteiger partial charge < -0.3 is 0 Å². The van der Waals surface area contributed by atoms with Crippen LogP contribution in [0.15, 0.2) is 24.4 Å². The van der Waals surface area contributed by atoms with Crippen LogP contribution in [0.2, 0.25) is 0 Å². The summed E-state index contributed by atoms with van der Waals surface area (Å²) in [7, 11) is 0. The molecule has 0 aliphatic heterocycles. The molecule has 0 fully saturated rings. The van der Waals surface area contributed by atoms with Gasteiger partial charge in [0.25, 0.3) is 0 Å². The van der Waals surface area contributed by atoms with Gasteiger partial charge in [-0.2, -0.15) is 0 Å². The van der Waals surface area contributed by atoms with E-state index in [-0.39, 0.29) is 50.9 Å². The van der Waals surface area contributed by atoms with E-state index < -0.39 is 0 Å². The van der Waals surface area contributed by atoms with Gasteiger partial charge in [0.1, 0.15) is 0 Å². The van der Waals surface area contributed by atoms with Crippen molar-refractivity contribution in [3.63, 3.8) is 0 Å². The van der Waals surface area contributed by atoms with Crippen LogP contribution in [-0.4, -0.2) is 4.98 Å². The van der Waals surface area contributed by atoms with E-state index in [9.17, 15) is 0 Å². The van der Waals surface area contributed by atoms with Crippen LogP contribution >= 0.6 is 50.9 Å². The molecule has 1 aromatic rings. The Hall–Kier alpha value is 0.590. The molecule has 4 heteroatoms. The first-order valence-corrected chi connectivity index (χ1v) is 4.33. The van der Waals surface area contributed by atoms with Gasteiger partial charge in [0.05, 0.1) is 0 Å². The van der Waals surface area contributed by atoms with Crippen molar-refractivity contribution in [2.75, 3.05) is 0 Å². The van der Waals surface area contributed by atoms with E-state index in [1.807, 2.05) is 18.3 Å². The monoisotopic (exact) mass is 389 g/mol. The van der Waals surface area contributed by atoms with Gasteiger partial charge in [-0.1, -0.05) is 25.8 Å². The van der Waals surface area contributed by atoms with Crippen LogP contribution in [0.25, 0.3) is 0 Å². The summed E-state index contributed by atoms with van der Waals surface area (Å²) < 4.78 is 0. The molecule has 0 radical (unpaired) electrons. The van der Waals surface area contributed by atoms with Crippen LogP contribution in [-0.2, 0) is 6.42 Å². The molecule has 1 rings (SSSR count). The number of aromatic nitrogens is 1. The predicted octanol–water partition coefficient (Wildman–Crippen LogP) is 4.55. The van der Waals surface area contributed by atoms with Crippen LogP contribution in [0.1, 0.15) is 31.9 Å². The molecule has 0 amide bonds. The van der Waals surface area contributed by atoms with Crippen molar-refractivity contribution in [3.05, 3.63) is 30.1 Å². The van der Waals surface area contributed by atoms with Crippen molar-refractivity contribution in [1.82, 2.24) is 4.98 Å². The lowest BCUT2D eigenvalue weighted by molar-refractivity contribution is 0.707. The summed E-state index contributed by atoms with van der Waals surface area (Å²) in [4.78, 5) is 4.25. The molecule has 0 atom stereocenters. The fraction of sp³-hybridized carbons (Fsp3) is 0.500. The molecular weight excluding hydrogens is 374 g/mol. The lowest BCUT2D eigenvalue weighted by Crippen LogP contribution is -1.87. The maximum absolute atomic E-state index is 4.25. The van der Waals surface area contributed by atoms with Gasteiger partial charge in [0.15, 0.2) is 0 Å². The molecule has 0 bridgehead atoms. The molecule has 0 aliphatic rings. The molecule has 14 heavy (non-hydrogen) atoms. The molecular formula is C10H18Br3N. The van der Waals surface area contributed by atoms with E-state index >= 15 is 0 Å². The first-order chi connectivity index (χ1) is 5.43. The van der Waals surface area contributed by atoms with Crippen LogP contribution < -0.4 is 0 Å². The van der Waals surface area contributed by atoms with E-state index in [2.05, 4.69) is 18.0 Å². The van der Waals surface area contributed by atoms with Gasteiger partial charge in [-0.15, -0.1) is 50.9 Å². The van der Waals surface area contributed by atoms with Gasteiger partial charge in [0.2, 0.25) is 0 Å². The van der Waals surface area contributed by atoms with E-state index in [0.29, 0.717) is 0 Å². The van der Waals surface area contributed by atoms with Crippen LogP contribution in [0.4, 0.5) is 0 Å². The highest BCUT2D eigenvalue weighted by Gasteiger charge is 1.90. The van der Waals surface area contributed by atoms with Crippen molar-refractivity contribution in [2.45, 2.75) is 32.6 Å². The Balaban J connectivity index is -0.000000403. The molecule has 0 unspecified atom stereocenters. The Kier molecular flexibility index (Phi) is 19.5. The number of aryl methyl sites for hydroxylation is 1. The summed E-state index contributed by atoms with van der Waals surface area (Å²) in [5.41, 5.74) is 1.22. The molecule has 84 valence electrons. The van der Waals surface area contributed by atoms with E-state index in [1.54, 1.807) is 0 Å². The molecule has 0 N–H and O–H groups in total. The second-order valence-electron chi connectivity index (χ2n) is 2.78. The van der Waals surface area contributed by atoms with Gasteiger partial charge in [-0.25, -0.2) is 0 Å². The third-order valence-corrected chi connectivity index (χ3v) is 1.76. The Bertz CT molecular complexity index is 192. The summed E-state index contributed by atoms with van der Waals surface area (Å²) in [6.07, 6.45) is 6.87. The number of unbranched alkanes of at least 4 members (excludes halogenated alkanes) is 2. The minimum atomic E-state index is 0. The number of pyridine rings is 1. The number of nitrogens with zero attached hydrogens (tertiary/aromatic N) is 1. The zero-order valence-electron chi connectivity index (χ0n) is 8.31. The molecule has 0 aromatic carbocycles. The molecule has 0 aliphatic carbocycles. The van der Waals surface area contributed by atoms with Crippen LogP contribution in [0.3, 0.4) is 0 Å². The molecule has 0 saturated heterocycles. The highest BCUT2D eigenvalue weighted by atomic mass is 79.9. The van der Waals surface area contributed by atoms with Crippen molar-refractivity contribution >= 4 is 50.9 Å². The maximum atomic E-state index is 4.25. The Morgan fingerprint density at radius 2 is 1.79 bits per heavy atom. The summed E-state index contributed by atoms with van der Waals surface area (Å²) in [6, 6.07) is 6.10. The Labute approximate surface area is 118 Å². The number of hydrogen-bond donors (Lipinski definition) is 0. The number of rotatable bonds is 4. The second-order valence-corrected chi connectivity index (χ2v) is 2.78.